The first-order valence-corrected chi connectivity index (χ1v) is 6.76. The Balaban J connectivity index is 2.46. The van der Waals surface area contributed by atoms with E-state index < -0.39 is 0 Å². The molecule has 0 amide bonds. The zero-order valence-electron chi connectivity index (χ0n) is 9.56. The third-order valence-electron chi connectivity index (χ3n) is 2.70. The van der Waals surface area contributed by atoms with Gasteiger partial charge < -0.3 is 0 Å². The van der Waals surface area contributed by atoms with Crippen LogP contribution in [0.25, 0.3) is 0 Å². The second-order valence-electron chi connectivity index (χ2n) is 3.88. The summed E-state index contributed by atoms with van der Waals surface area (Å²) in [6.07, 6.45) is 5.48. The molecule has 0 aliphatic rings. The molecule has 1 aromatic rings. The minimum Gasteiger partial charge on any atom is -0.0901 e. The molecule has 0 nitrogen and oxygen atoms in total. The van der Waals surface area contributed by atoms with Gasteiger partial charge in [-0.2, -0.15) is 0 Å². The molecule has 1 rings (SSSR count). The highest BCUT2D eigenvalue weighted by Crippen LogP contribution is 2.17. The number of hydrogen-bond donors (Lipinski definition) is 0. The largest absolute Gasteiger partial charge is 0.0901 e. The molecule has 1 unspecified atom stereocenters. The van der Waals surface area contributed by atoms with Crippen molar-refractivity contribution < 1.29 is 0 Å². The molecule has 1 atom stereocenters. The number of unbranched alkanes of at least 4 members (excludes halogenated alkanes) is 2. The first-order chi connectivity index (χ1) is 6.75. The van der Waals surface area contributed by atoms with E-state index in [2.05, 4.69) is 39.0 Å². The average molecular weight is 208 g/mol. The maximum absolute atomic E-state index is 2.28. The first kappa shape index (κ1) is 11.7. The SMILES string of the molecule is CCCCCPc1cccc(C)c1C. The predicted octanol–water partition coefficient (Wildman–Crippen LogP) is 3.80. The van der Waals surface area contributed by atoms with E-state index in [9.17, 15) is 0 Å². The van der Waals surface area contributed by atoms with Crippen LogP contribution in [0.15, 0.2) is 18.2 Å². The third kappa shape index (κ3) is 3.42. The summed E-state index contributed by atoms with van der Waals surface area (Å²) in [5.41, 5.74) is 2.94. The summed E-state index contributed by atoms with van der Waals surface area (Å²) >= 11 is 0. The molecule has 78 valence electrons. The van der Waals surface area contributed by atoms with Crippen LogP contribution >= 0.6 is 8.58 Å². The fraction of sp³-hybridized carbons (Fsp3) is 0.538. The van der Waals surface area contributed by atoms with E-state index in [0.29, 0.717) is 0 Å². The highest BCUT2D eigenvalue weighted by atomic mass is 31.1. The molecule has 0 saturated carbocycles. The maximum atomic E-state index is 2.28. The normalized spacial score (nSPS) is 11.4. The lowest BCUT2D eigenvalue weighted by atomic mass is 10.1. The molecule has 0 heterocycles. The lowest BCUT2D eigenvalue weighted by molar-refractivity contribution is 0.778. The molecule has 0 saturated heterocycles. The van der Waals surface area contributed by atoms with Gasteiger partial charge in [-0.15, -0.1) is 0 Å². The Morgan fingerprint density at radius 2 is 1.93 bits per heavy atom. The molecule has 0 radical (unpaired) electrons. The van der Waals surface area contributed by atoms with E-state index in [0.717, 1.165) is 8.58 Å². The van der Waals surface area contributed by atoms with E-state index in [4.69, 9.17) is 0 Å². The Morgan fingerprint density at radius 3 is 2.64 bits per heavy atom. The van der Waals surface area contributed by atoms with Gasteiger partial charge in [-0.1, -0.05) is 46.5 Å². The summed E-state index contributed by atoms with van der Waals surface area (Å²) in [4.78, 5) is 0. The minimum absolute atomic E-state index is 1.01. The number of rotatable bonds is 5. The Hall–Kier alpha value is -0.350. The smallest absolute Gasteiger partial charge is 0.0240 e. The van der Waals surface area contributed by atoms with Crippen LogP contribution in [-0.2, 0) is 0 Å². The van der Waals surface area contributed by atoms with Gasteiger partial charge in [0.15, 0.2) is 0 Å². The Kier molecular flexibility index (Phi) is 5.19. The summed E-state index contributed by atoms with van der Waals surface area (Å²) in [5, 5.41) is 1.57. The molecule has 0 spiro atoms. The van der Waals surface area contributed by atoms with Crippen LogP contribution in [0.5, 0.6) is 0 Å². The molecule has 0 fully saturated rings. The minimum atomic E-state index is 1.01. The lowest BCUT2D eigenvalue weighted by Gasteiger charge is -2.07. The van der Waals surface area contributed by atoms with Crippen molar-refractivity contribution in [1.82, 2.24) is 0 Å². The topological polar surface area (TPSA) is 0 Å². The van der Waals surface area contributed by atoms with E-state index in [1.807, 2.05) is 0 Å². The van der Waals surface area contributed by atoms with Crippen molar-refractivity contribution in [2.75, 3.05) is 6.16 Å². The average Bonchev–Trinajstić information content (AvgIpc) is 2.19. The predicted molar refractivity (Wildman–Crippen MR) is 68.3 cm³/mol. The monoisotopic (exact) mass is 208 g/mol. The Morgan fingerprint density at radius 1 is 1.14 bits per heavy atom. The summed E-state index contributed by atoms with van der Waals surface area (Å²) in [7, 11) is 1.01. The fourth-order valence-electron chi connectivity index (χ4n) is 1.54. The van der Waals surface area contributed by atoms with Gasteiger partial charge in [0, 0.05) is 0 Å². The zero-order chi connectivity index (χ0) is 10.4. The lowest BCUT2D eigenvalue weighted by Crippen LogP contribution is -2.02. The van der Waals surface area contributed by atoms with Gasteiger partial charge in [0.2, 0.25) is 0 Å². The van der Waals surface area contributed by atoms with Gasteiger partial charge in [0.25, 0.3) is 0 Å². The second kappa shape index (κ2) is 6.19. The van der Waals surface area contributed by atoms with E-state index in [-0.39, 0.29) is 0 Å². The van der Waals surface area contributed by atoms with Crippen molar-refractivity contribution in [3.05, 3.63) is 29.3 Å². The van der Waals surface area contributed by atoms with Crippen molar-refractivity contribution in [2.45, 2.75) is 40.0 Å². The molecule has 1 aromatic carbocycles. The van der Waals surface area contributed by atoms with Crippen molar-refractivity contribution >= 4 is 13.9 Å². The molecule has 0 aliphatic heterocycles. The van der Waals surface area contributed by atoms with Crippen LogP contribution in [0.1, 0.15) is 37.3 Å². The van der Waals surface area contributed by atoms with Crippen molar-refractivity contribution in [1.29, 1.82) is 0 Å². The molecule has 0 aliphatic carbocycles. The van der Waals surface area contributed by atoms with Crippen molar-refractivity contribution in [3.8, 4) is 0 Å². The highest BCUT2D eigenvalue weighted by molar-refractivity contribution is 7.47. The third-order valence-corrected chi connectivity index (χ3v) is 4.23. The van der Waals surface area contributed by atoms with Crippen molar-refractivity contribution in [3.63, 3.8) is 0 Å². The van der Waals surface area contributed by atoms with Crippen LogP contribution < -0.4 is 5.30 Å². The first-order valence-electron chi connectivity index (χ1n) is 5.55. The molecule has 0 N–H and O–H groups in total. The van der Waals surface area contributed by atoms with Gasteiger partial charge in [-0.05, 0) is 42.9 Å². The second-order valence-corrected chi connectivity index (χ2v) is 5.27. The maximum Gasteiger partial charge on any atom is -0.0240 e. The quantitative estimate of drug-likeness (QED) is 0.510. The van der Waals surface area contributed by atoms with E-state index in [1.54, 1.807) is 5.30 Å². The zero-order valence-corrected chi connectivity index (χ0v) is 10.6. The Bertz CT molecular complexity index is 279. The van der Waals surface area contributed by atoms with Gasteiger partial charge in [-0.3, -0.25) is 0 Å². The number of benzene rings is 1. The van der Waals surface area contributed by atoms with Gasteiger partial charge in [0.05, 0.1) is 0 Å². The number of aryl methyl sites for hydroxylation is 1. The van der Waals surface area contributed by atoms with Gasteiger partial charge in [-0.25, -0.2) is 0 Å². The molecule has 0 aromatic heterocycles. The molecule has 14 heavy (non-hydrogen) atoms. The molecule has 1 heteroatoms. The fourth-order valence-corrected chi connectivity index (χ4v) is 2.91. The summed E-state index contributed by atoms with van der Waals surface area (Å²) in [5.74, 6) is 0. The van der Waals surface area contributed by atoms with Gasteiger partial charge in [0.1, 0.15) is 0 Å². The van der Waals surface area contributed by atoms with Crippen LogP contribution in [0.4, 0.5) is 0 Å². The van der Waals surface area contributed by atoms with Crippen LogP contribution in [-0.4, -0.2) is 6.16 Å². The van der Waals surface area contributed by atoms with E-state index >= 15 is 0 Å². The molecular weight excluding hydrogens is 187 g/mol. The van der Waals surface area contributed by atoms with Crippen LogP contribution in [0.3, 0.4) is 0 Å². The van der Waals surface area contributed by atoms with Gasteiger partial charge >= 0.3 is 0 Å². The molecular formula is C13H21P. The summed E-state index contributed by atoms with van der Waals surface area (Å²) < 4.78 is 0. The highest BCUT2D eigenvalue weighted by Gasteiger charge is 1.99. The Labute approximate surface area is 89.9 Å². The standard InChI is InChI=1S/C13H21P/c1-4-5-6-10-14-13-9-7-8-11(2)12(13)3/h7-9,14H,4-6,10H2,1-3H3. The van der Waals surface area contributed by atoms with E-state index in [1.165, 1.54) is 36.6 Å². The molecule has 0 bridgehead atoms. The van der Waals surface area contributed by atoms with Crippen molar-refractivity contribution in [2.24, 2.45) is 0 Å². The van der Waals surface area contributed by atoms with Crippen LogP contribution in [0.2, 0.25) is 0 Å². The summed E-state index contributed by atoms with van der Waals surface area (Å²) in [6, 6.07) is 6.67. The summed E-state index contributed by atoms with van der Waals surface area (Å²) in [6.45, 7) is 6.72. The van der Waals surface area contributed by atoms with Crippen LogP contribution in [0, 0.1) is 13.8 Å². The number of hydrogen-bond acceptors (Lipinski definition) is 0.